The molecule has 0 radical (unpaired) electrons. The number of hydrogen-bond acceptors (Lipinski definition) is 4. The number of aryl methyl sites for hydroxylation is 2. The first kappa shape index (κ1) is 21.2. The van der Waals surface area contributed by atoms with Crippen molar-refractivity contribution in [1.29, 1.82) is 0 Å². The molecule has 0 aliphatic heterocycles. The highest BCUT2D eigenvalue weighted by Gasteiger charge is 2.12. The number of nitrogens with one attached hydrogen (secondary N) is 3. The number of anilines is 1. The number of guanidine groups is 1. The van der Waals surface area contributed by atoms with Crippen LogP contribution >= 0.6 is 11.3 Å². The average molecular weight is 413 g/mol. The third kappa shape index (κ3) is 7.18. The number of rotatable bonds is 8. The van der Waals surface area contributed by atoms with Crippen LogP contribution in [0.4, 0.5) is 10.1 Å². The molecule has 27 heavy (non-hydrogen) atoms. The van der Waals surface area contributed by atoms with Crippen molar-refractivity contribution in [2.45, 2.75) is 27.3 Å². The van der Waals surface area contributed by atoms with E-state index in [1.807, 2.05) is 26.0 Å². The van der Waals surface area contributed by atoms with Crippen molar-refractivity contribution in [3.63, 3.8) is 0 Å². The first-order chi connectivity index (χ1) is 12.8. The summed E-state index contributed by atoms with van der Waals surface area (Å²) in [4.78, 5) is 6.83. The molecule has 0 spiro atoms. The SMILES string of the molecule is CCNC(=NCc1ccc(C)s1)NCCS(=O)(=O)Nc1ccc(C)c(F)c1. The number of aliphatic imine (C=N–C) groups is 1. The van der Waals surface area contributed by atoms with Crippen LogP contribution in [0, 0.1) is 19.7 Å². The van der Waals surface area contributed by atoms with Gasteiger partial charge in [-0.2, -0.15) is 0 Å². The van der Waals surface area contributed by atoms with E-state index in [0.29, 0.717) is 24.6 Å². The lowest BCUT2D eigenvalue weighted by Crippen LogP contribution is -2.40. The van der Waals surface area contributed by atoms with Gasteiger partial charge in [-0.05, 0) is 50.6 Å². The van der Waals surface area contributed by atoms with Gasteiger partial charge in [-0.1, -0.05) is 6.07 Å². The van der Waals surface area contributed by atoms with Crippen LogP contribution in [-0.2, 0) is 16.6 Å². The Balaban J connectivity index is 1.89. The molecule has 0 atom stereocenters. The second kappa shape index (κ2) is 9.70. The molecule has 2 aromatic rings. The summed E-state index contributed by atoms with van der Waals surface area (Å²) in [6, 6.07) is 8.32. The van der Waals surface area contributed by atoms with Gasteiger partial charge in [-0.25, -0.2) is 17.8 Å². The molecule has 148 valence electrons. The lowest BCUT2D eigenvalue weighted by molar-refractivity contribution is 0.599. The molecule has 3 N–H and O–H groups in total. The number of benzene rings is 1. The van der Waals surface area contributed by atoms with Gasteiger partial charge in [0, 0.05) is 22.8 Å². The van der Waals surface area contributed by atoms with E-state index in [1.54, 1.807) is 18.3 Å². The minimum atomic E-state index is -3.60. The molecular formula is C18H25FN4O2S2. The Morgan fingerprint density at radius 2 is 1.96 bits per heavy atom. The van der Waals surface area contributed by atoms with Gasteiger partial charge in [-0.3, -0.25) is 4.72 Å². The van der Waals surface area contributed by atoms with Crippen LogP contribution in [0.25, 0.3) is 0 Å². The molecule has 1 heterocycles. The zero-order valence-electron chi connectivity index (χ0n) is 15.7. The minimum Gasteiger partial charge on any atom is -0.357 e. The zero-order valence-corrected chi connectivity index (χ0v) is 17.3. The van der Waals surface area contributed by atoms with Gasteiger partial charge in [-0.15, -0.1) is 11.3 Å². The summed E-state index contributed by atoms with van der Waals surface area (Å²) in [5.74, 6) is -0.0517. The quantitative estimate of drug-likeness (QED) is 0.460. The number of halogens is 1. The van der Waals surface area contributed by atoms with Gasteiger partial charge in [0.05, 0.1) is 18.0 Å². The molecule has 0 aliphatic carbocycles. The second-order valence-electron chi connectivity index (χ2n) is 6.02. The molecule has 2 rings (SSSR count). The van der Waals surface area contributed by atoms with E-state index in [9.17, 15) is 12.8 Å². The summed E-state index contributed by atoms with van der Waals surface area (Å²) in [7, 11) is -3.60. The van der Waals surface area contributed by atoms with Crippen LogP contribution in [0.1, 0.15) is 22.2 Å². The maximum atomic E-state index is 13.6. The zero-order chi connectivity index (χ0) is 19.9. The number of sulfonamides is 1. The van der Waals surface area contributed by atoms with Gasteiger partial charge >= 0.3 is 0 Å². The van der Waals surface area contributed by atoms with E-state index >= 15 is 0 Å². The molecule has 0 fully saturated rings. The van der Waals surface area contributed by atoms with Crippen molar-refractivity contribution < 1.29 is 12.8 Å². The van der Waals surface area contributed by atoms with Crippen LogP contribution in [0.3, 0.4) is 0 Å². The van der Waals surface area contributed by atoms with Crippen molar-refractivity contribution in [2.75, 3.05) is 23.6 Å². The molecular weight excluding hydrogens is 387 g/mol. The maximum absolute atomic E-state index is 13.6. The fourth-order valence-corrected chi connectivity index (χ4v) is 4.03. The Kier molecular flexibility index (Phi) is 7.61. The van der Waals surface area contributed by atoms with E-state index in [1.165, 1.54) is 23.1 Å². The van der Waals surface area contributed by atoms with Crippen molar-refractivity contribution in [1.82, 2.24) is 10.6 Å². The number of nitrogens with zero attached hydrogens (tertiary/aromatic N) is 1. The average Bonchev–Trinajstić information content (AvgIpc) is 3.01. The molecule has 9 heteroatoms. The Hall–Kier alpha value is -2.13. The largest absolute Gasteiger partial charge is 0.357 e. The normalized spacial score (nSPS) is 12.1. The molecule has 0 saturated carbocycles. The van der Waals surface area contributed by atoms with Crippen LogP contribution in [0.15, 0.2) is 35.3 Å². The van der Waals surface area contributed by atoms with E-state index in [0.717, 1.165) is 4.88 Å². The third-order valence-electron chi connectivity index (χ3n) is 3.64. The van der Waals surface area contributed by atoms with E-state index < -0.39 is 15.8 Å². The second-order valence-corrected chi connectivity index (χ2v) is 9.23. The summed E-state index contributed by atoms with van der Waals surface area (Å²) in [5, 5.41) is 6.10. The Morgan fingerprint density at radius 1 is 1.19 bits per heavy atom. The molecule has 0 unspecified atom stereocenters. The van der Waals surface area contributed by atoms with Gasteiger partial charge in [0.2, 0.25) is 10.0 Å². The van der Waals surface area contributed by atoms with Crippen molar-refractivity contribution in [3.05, 3.63) is 51.5 Å². The Labute approximate surface area is 164 Å². The Bertz CT molecular complexity index is 895. The van der Waals surface area contributed by atoms with Gasteiger partial charge in [0.25, 0.3) is 0 Å². The molecule has 0 bridgehead atoms. The molecule has 0 aliphatic rings. The summed E-state index contributed by atoms with van der Waals surface area (Å²) in [6.07, 6.45) is 0. The summed E-state index contributed by atoms with van der Waals surface area (Å²) >= 11 is 1.68. The van der Waals surface area contributed by atoms with Crippen molar-refractivity contribution in [2.24, 2.45) is 4.99 Å². The first-order valence-electron chi connectivity index (χ1n) is 8.63. The molecule has 0 saturated heterocycles. The van der Waals surface area contributed by atoms with E-state index in [4.69, 9.17) is 0 Å². The predicted octanol–water partition coefficient (Wildman–Crippen LogP) is 3.00. The van der Waals surface area contributed by atoms with E-state index in [-0.39, 0.29) is 18.0 Å². The topological polar surface area (TPSA) is 82.6 Å². The molecule has 0 amide bonds. The Morgan fingerprint density at radius 3 is 2.59 bits per heavy atom. The monoisotopic (exact) mass is 412 g/mol. The van der Waals surface area contributed by atoms with Gasteiger partial charge in [0.1, 0.15) is 5.82 Å². The summed E-state index contributed by atoms with van der Waals surface area (Å²) < 4.78 is 40.3. The lowest BCUT2D eigenvalue weighted by atomic mass is 10.2. The first-order valence-corrected chi connectivity index (χ1v) is 11.1. The van der Waals surface area contributed by atoms with E-state index in [2.05, 4.69) is 20.3 Å². The maximum Gasteiger partial charge on any atom is 0.234 e. The molecule has 1 aromatic carbocycles. The highest BCUT2D eigenvalue weighted by molar-refractivity contribution is 7.92. The predicted molar refractivity (Wildman–Crippen MR) is 110 cm³/mol. The number of thiophene rings is 1. The van der Waals surface area contributed by atoms with Crippen molar-refractivity contribution >= 4 is 33.0 Å². The highest BCUT2D eigenvalue weighted by atomic mass is 32.2. The summed E-state index contributed by atoms with van der Waals surface area (Å²) in [6.45, 7) is 6.98. The molecule has 1 aromatic heterocycles. The van der Waals surface area contributed by atoms with Gasteiger partial charge in [0.15, 0.2) is 5.96 Å². The lowest BCUT2D eigenvalue weighted by Gasteiger charge is -2.12. The van der Waals surface area contributed by atoms with Crippen LogP contribution < -0.4 is 15.4 Å². The van der Waals surface area contributed by atoms with Crippen LogP contribution in [0.5, 0.6) is 0 Å². The summed E-state index contributed by atoms with van der Waals surface area (Å²) in [5.41, 5.74) is 0.679. The highest BCUT2D eigenvalue weighted by Crippen LogP contribution is 2.16. The standard InChI is InChI=1S/C18H25FN4O2S2/c1-4-20-18(22-12-16-8-6-14(3)26-16)21-9-10-27(24,25)23-15-7-5-13(2)17(19)11-15/h5-8,11,23H,4,9-10,12H2,1-3H3,(H2,20,21,22). The van der Waals surface area contributed by atoms with Crippen molar-refractivity contribution in [3.8, 4) is 0 Å². The minimum absolute atomic E-state index is 0.162. The molecule has 6 nitrogen and oxygen atoms in total. The third-order valence-corrected chi connectivity index (χ3v) is 5.92. The fraction of sp³-hybridized carbons (Fsp3) is 0.389. The number of hydrogen-bond donors (Lipinski definition) is 3. The van der Waals surface area contributed by atoms with Crippen LogP contribution in [-0.4, -0.2) is 33.2 Å². The van der Waals surface area contributed by atoms with Crippen LogP contribution in [0.2, 0.25) is 0 Å². The smallest absolute Gasteiger partial charge is 0.234 e. The van der Waals surface area contributed by atoms with Gasteiger partial charge < -0.3 is 10.6 Å². The fourth-order valence-electron chi connectivity index (χ4n) is 2.26.